The SMILES string of the molecule is CCCC/C=C(\N)C(=O)[O-]. The Hall–Kier alpha value is -0.990. The van der Waals surface area contributed by atoms with Gasteiger partial charge in [-0.1, -0.05) is 19.4 Å². The van der Waals surface area contributed by atoms with Crippen LogP contribution in [0, 0.1) is 0 Å². The predicted molar refractivity (Wildman–Crippen MR) is 36.8 cm³/mol. The molecule has 0 aromatic rings. The van der Waals surface area contributed by atoms with Gasteiger partial charge in [-0.25, -0.2) is 0 Å². The van der Waals surface area contributed by atoms with Gasteiger partial charge in [0.15, 0.2) is 0 Å². The van der Waals surface area contributed by atoms with Crippen LogP contribution in [-0.4, -0.2) is 5.97 Å². The van der Waals surface area contributed by atoms with Crippen molar-refractivity contribution in [2.24, 2.45) is 5.73 Å². The van der Waals surface area contributed by atoms with Gasteiger partial charge in [-0.05, 0) is 12.8 Å². The van der Waals surface area contributed by atoms with Gasteiger partial charge in [0.05, 0.1) is 11.7 Å². The molecule has 0 fully saturated rings. The molecule has 0 aromatic heterocycles. The van der Waals surface area contributed by atoms with Crippen LogP contribution >= 0.6 is 0 Å². The molecule has 0 aromatic carbocycles. The minimum Gasteiger partial charge on any atom is -0.543 e. The molecule has 0 unspecified atom stereocenters. The molecule has 0 saturated heterocycles. The number of aliphatic carboxylic acids is 1. The van der Waals surface area contributed by atoms with Crippen molar-refractivity contribution in [1.29, 1.82) is 0 Å². The highest BCUT2D eigenvalue weighted by molar-refractivity contribution is 5.83. The van der Waals surface area contributed by atoms with Crippen molar-refractivity contribution in [2.45, 2.75) is 26.2 Å². The average Bonchev–Trinajstić information content (AvgIpc) is 1.88. The van der Waals surface area contributed by atoms with Gasteiger partial charge in [0.2, 0.25) is 0 Å². The fraction of sp³-hybridized carbons (Fsp3) is 0.571. The molecule has 3 nitrogen and oxygen atoms in total. The van der Waals surface area contributed by atoms with Crippen molar-refractivity contribution in [3.05, 3.63) is 11.8 Å². The number of hydrogen-bond acceptors (Lipinski definition) is 3. The highest BCUT2D eigenvalue weighted by Crippen LogP contribution is 1.96. The summed E-state index contributed by atoms with van der Waals surface area (Å²) in [4.78, 5) is 9.99. The van der Waals surface area contributed by atoms with Crippen molar-refractivity contribution in [2.75, 3.05) is 0 Å². The summed E-state index contributed by atoms with van der Waals surface area (Å²) in [7, 11) is 0. The Bertz CT molecular complexity index is 141. The maximum absolute atomic E-state index is 9.99. The molecule has 0 heterocycles. The molecular formula is C7H12NO2-. The van der Waals surface area contributed by atoms with Crippen molar-refractivity contribution < 1.29 is 9.90 Å². The molecule has 0 atom stereocenters. The third-order valence-electron chi connectivity index (χ3n) is 1.16. The van der Waals surface area contributed by atoms with E-state index in [1.807, 2.05) is 6.92 Å². The van der Waals surface area contributed by atoms with Crippen molar-refractivity contribution in [3.63, 3.8) is 0 Å². The summed E-state index contributed by atoms with van der Waals surface area (Å²) in [5.74, 6) is -1.28. The van der Waals surface area contributed by atoms with Crippen LogP contribution in [0.2, 0.25) is 0 Å². The van der Waals surface area contributed by atoms with E-state index < -0.39 is 5.97 Å². The molecule has 0 amide bonds. The number of carboxylic acid groups (broad SMARTS) is 1. The number of allylic oxidation sites excluding steroid dienone is 1. The topological polar surface area (TPSA) is 66.2 Å². The molecule has 0 saturated carbocycles. The molecule has 0 aliphatic carbocycles. The Morgan fingerprint density at radius 3 is 2.70 bits per heavy atom. The van der Waals surface area contributed by atoms with Crippen LogP contribution in [0.3, 0.4) is 0 Å². The zero-order chi connectivity index (χ0) is 7.98. The summed E-state index contributed by atoms with van der Waals surface area (Å²) in [6.45, 7) is 2.03. The number of carbonyl (C=O) groups excluding carboxylic acids is 1. The number of carbonyl (C=O) groups is 1. The lowest BCUT2D eigenvalue weighted by Crippen LogP contribution is -2.28. The van der Waals surface area contributed by atoms with Crippen LogP contribution < -0.4 is 10.8 Å². The molecule has 0 radical (unpaired) electrons. The highest BCUT2D eigenvalue weighted by Gasteiger charge is 1.87. The van der Waals surface area contributed by atoms with E-state index in [0.717, 1.165) is 19.3 Å². The van der Waals surface area contributed by atoms with Gasteiger partial charge in [-0.2, -0.15) is 0 Å². The summed E-state index contributed by atoms with van der Waals surface area (Å²) >= 11 is 0. The first-order valence-corrected chi connectivity index (χ1v) is 3.35. The molecule has 0 aliphatic rings. The van der Waals surface area contributed by atoms with E-state index in [1.54, 1.807) is 0 Å². The maximum Gasteiger partial charge on any atom is 0.0869 e. The number of rotatable bonds is 4. The quantitative estimate of drug-likeness (QED) is 0.435. The lowest BCUT2D eigenvalue weighted by molar-refractivity contribution is -0.299. The molecule has 0 aliphatic heterocycles. The second-order valence-electron chi connectivity index (χ2n) is 2.09. The van der Waals surface area contributed by atoms with Crippen LogP contribution in [0.1, 0.15) is 26.2 Å². The van der Waals surface area contributed by atoms with Gasteiger partial charge in [0.25, 0.3) is 0 Å². The minimum atomic E-state index is -1.28. The molecule has 0 rings (SSSR count). The van der Waals surface area contributed by atoms with Gasteiger partial charge in [-0.15, -0.1) is 0 Å². The first kappa shape index (κ1) is 9.01. The lowest BCUT2D eigenvalue weighted by atomic mass is 10.2. The van der Waals surface area contributed by atoms with Crippen molar-refractivity contribution in [1.82, 2.24) is 0 Å². The van der Waals surface area contributed by atoms with E-state index in [2.05, 4.69) is 0 Å². The van der Waals surface area contributed by atoms with Crippen LogP contribution in [0.25, 0.3) is 0 Å². The monoisotopic (exact) mass is 142 g/mol. The highest BCUT2D eigenvalue weighted by atomic mass is 16.4. The summed E-state index contributed by atoms with van der Waals surface area (Å²) in [5.41, 5.74) is 4.90. The Labute approximate surface area is 60.5 Å². The fourth-order valence-corrected chi connectivity index (χ4v) is 0.545. The second kappa shape index (κ2) is 4.85. The van der Waals surface area contributed by atoms with E-state index in [0.29, 0.717) is 0 Å². The average molecular weight is 142 g/mol. The first-order valence-electron chi connectivity index (χ1n) is 3.35. The first-order chi connectivity index (χ1) is 4.68. The summed E-state index contributed by atoms with van der Waals surface area (Å²) in [6.07, 6.45) is 4.21. The molecule has 3 heteroatoms. The zero-order valence-electron chi connectivity index (χ0n) is 6.09. The van der Waals surface area contributed by atoms with E-state index in [-0.39, 0.29) is 5.70 Å². The zero-order valence-corrected chi connectivity index (χ0v) is 6.09. The number of carboxylic acids is 1. The van der Waals surface area contributed by atoms with Gasteiger partial charge >= 0.3 is 0 Å². The van der Waals surface area contributed by atoms with E-state index >= 15 is 0 Å². The molecule has 10 heavy (non-hydrogen) atoms. The standard InChI is InChI=1S/C7H13NO2/c1-2-3-4-5-6(8)7(9)10/h5H,2-4,8H2,1H3,(H,9,10)/p-1/b6-5-. The fourth-order valence-electron chi connectivity index (χ4n) is 0.545. The minimum absolute atomic E-state index is 0.159. The smallest absolute Gasteiger partial charge is 0.0869 e. The Balaban J connectivity index is 3.58. The summed E-state index contributed by atoms with van der Waals surface area (Å²) < 4.78 is 0. The van der Waals surface area contributed by atoms with Gasteiger partial charge < -0.3 is 15.6 Å². The predicted octanol–water partition coefficient (Wildman–Crippen LogP) is -0.231. The van der Waals surface area contributed by atoms with E-state index in [1.165, 1.54) is 6.08 Å². The third kappa shape index (κ3) is 3.95. The van der Waals surface area contributed by atoms with Gasteiger partial charge in [0.1, 0.15) is 0 Å². The van der Waals surface area contributed by atoms with Crippen molar-refractivity contribution >= 4 is 5.97 Å². The number of nitrogens with two attached hydrogens (primary N) is 1. The lowest BCUT2D eigenvalue weighted by Gasteiger charge is -1.99. The maximum atomic E-state index is 9.99. The number of unbranched alkanes of at least 4 members (excludes halogenated alkanes) is 2. The van der Waals surface area contributed by atoms with Gasteiger partial charge in [0, 0.05) is 0 Å². The van der Waals surface area contributed by atoms with Crippen LogP contribution in [0.4, 0.5) is 0 Å². The van der Waals surface area contributed by atoms with Crippen molar-refractivity contribution in [3.8, 4) is 0 Å². The van der Waals surface area contributed by atoms with E-state index in [9.17, 15) is 9.90 Å². The molecule has 0 bridgehead atoms. The molecule has 58 valence electrons. The molecule has 0 spiro atoms. The summed E-state index contributed by atoms with van der Waals surface area (Å²) in [5, 5.41) is 9.99. The Morgan fingerprint density at radius 1 is 1.70 bits per heavy atom. The molecule has 2 N–H and O–H groups in total. The Morgan fingerprint density at radius 2 is 2.30 bits per heavy atom. The van der Waals surface area contributed by atoms with Gasteiger partial charge in [-0.3, -0.25) is 0 Å². The normalized spacial score (nSPS) is 11.5. The van der Waals surface area contributed by atoms with Crippen LogP contribution in [-0.2, 0) is 4.79 Å². The second-order valence-corrected chi connectivity index (χ2v) is 2.09. The number of hydrogen-bond donors (Lipinski definition) is 1. The Kier molecular flexibility index (Phi) is 4.37. The van der Waals surface area contributed by atoms with Crippen LogP contribution in [0.15, 0.2) is 11.8 Å². The largest absolute Gasteiger partial charge is 0.543 e. The summed E-state index contributed by atoms with van der Waals surface area (Å²) in [6, 6.07) is 0. The van der Waals surface area contributed by atoms with Crippen LogP contribution in [0.5, 0.6) is 0 Å². The third-order valence-corrected chi connectivity index (χ3v) is 1.16. The van der Waals surface area contributed by atoms with E-state index in [4.69, 9.17) is 5.73 Å². The molecular weight excluding hydrogens is 130 g/mol.